The Kier molecular flexibility index (Phi) is 9.56. The van der Waals surface area contributed by atoms with Crippen LogP contribution in [0.15, 0.2) is 29.3 Å². The van der Waals surface area contributed by atoms with Crippen molar-refractivity contribution in [3.05, 3.63) is 29.8 Å². The SMILES string of the molecule is CCNC(=NCC1(C)CCCO1)NCC(C)c1ccccc1OC.I. The highest BCUT2D eigenvalue weighted by atomic mass is 127. The number of aliphatic imine (C=N–C) groups is 1. The zero-order chi connectivity index (χ0) is 17.4. The topological polar surface area (TPSA) is 54.9 Å². The van der Waals surface area contributed by atoms with E-state index >= 15 is 0 Å². The van der Waals surface area contributed by atoms with Gasteiger partial charge in [-0.05, 0) is 38.3 Å². The molecule has 25 heavy (non-hydrogen) atoms. The molecule has 0 saturated carbocycles. The monoisotopic (exact) mass is 461 g/mol. The van der Waals surface area contributed by atoms with E-state index in [2.05, 4.69) is 37.5 Å². The number of nitrogens with one attached hydrogen (secondary N) is 2. The van der Waals surface area contributed by atoms with E-state index in [9.17, 15) is 0 Å². The zero-order valence-electron chi connectivity index (χ0n) is 15.8. The van der Waals surface area contributed by atoms with Crippen LogP contribution >= 0.6 is 24.0 Å². The molecule has 1 aliphatic rings. The molecule has 0 radical (unpaired) electrons. The van der Waals surface area contributed by atoms with Crippen molar-refractivity contribution in [1.29, 1.82) is 0 Å². The van der Waals surface area contributed by atoms with Gasteiger partial charge in [0, 0.05) is 25.6 Å². The van der Waals surface area contributed by atoms with E-state index in [-0.39, 0.29) is 29.6 Å². The van der Waals surface area contributed by atoms with Crippen molar-refractivity contribution in [2.75, 3.05) is 33.4 Å². The minimum Gasteiger partial charge on any atom is -0.496 e. The van der Waals surface area contributed by atoms with Crippen LogP contribution in [0.2, 0.25) is 0 Å². The Hall–Kier alpha value is -1.02. The maximum absolute atomic E-state index is 5.82. The molecule has 1 aliphatic heterocycles. The second-order valence-electron chi connectivity index (χ2n) is 6.62. The van der Waals surface area contributed by atoms with E-state index in [0.29, 0.717) is 12.5 Å². The van der Waals surface area contributed by atoms with Crippen LogP contribution in [-0.4, -0.2) is 44.9 Å². The fourth-order valence-corrected chi connectivity index (χ4v) is 2.98. The van der Waals surface area contributed by atoms with Crippen LogP contribution in [0.4, 0.5) is 0 Å². The van der Waals surface area contributed by atoms with Gasteiger partial charge < -0.3 is 20.1 Å². The number of hydrogen-bond donors (Lipinski definition) is 2. The molecule has 1 fully saturated rings. The van der Waals surface area contributed by atoms with E-state index in [4.69, 9.17) is 14.5 Å². The van der Waals surface area contributed by atoms with Gasteiger partial charge in [0.2, 0.25) is 0 Å². The lowest BCUT2D eigenvalue weighted by Gasteiger charge is -2.22. The molecule has 0 spiro atoms. The van der Waals surface area contributed by atoms with Crippen molar-refractivity contribution in [2.24, 2.45) is 4.99 Å². The number of hydrogen-bond acceptors (Lipinski definition) is 3. The molecule has 0 aliphatic carbocycles. The number of methoxy groups -OCH3 is 1. The Balaban J connectivity index is 0.00000312. The number of halogens is 1. The number of nitrogens with zero attached hydrogens (tertiary/aromatic N) is 1. The Morgan fingerprint density at radius 1 is 1.36 bits per heavy atom. The second-order valence-corrected chi connectivity index (χ2v) is 6.62. The van der Waals surface area contributed by atoms with Crippen LogP contribution in [0.5, 0.6) is 5.75 Å². The van der Waals surface area contributed by atoms with Gasteiger partial charge in [0.25, 0.3) is 0 Å². The van der Waals surface area contributed by atoms with Crippen molar-refractivity contribution in [3.63, 3.8) is 0 Å². The minimum atomic E-state index is -0.114. The van der Waals surface area contributed by atoms with Gasteiger partial charge in [0.15, 0.2) is 5.96 Å². The average Bonchev–Trinajstić information content (AvgIpc) is 3.04. The fraction of sp³-hybridized carbons (Fsp3) is 0.632. The Morgan fingerprint density at radius 2 is 2.12 bits per heavy atom. The number of ether oxygens (including phenoxy) is 2. The molecular formula is C19H32IN3O2. The maximum Gasteiger partial charge on any atom is 0.191 e. The van der Waals surface area contributed by atoms with Gasteiger partial charge in [-0.3, -0.25) is 4.99 Å². The van der Waals surface area contributed by atoms with Crippen LogP contribution in [0, 0.1) is 0 Å². The summed E-state index contributed by atoms with van der Waals surface area (Å²) in [6.07, 6.45) is 2.20. The summed E-state index contributed by atoms with van der Waals surface area (Å²) < 4.78 is 11.3. The van der Waals surface area contributed by atoms with Crippen LogP contribution in [0.3, 0.4) is 0 Å². The normalized spacial score (nSPS) is 21.4. The van der Waals surface area contributed by atoms with E-state index in [0.717, 1.165) is 44.2 Å². The Morgan fingerprint density at radius 3 is 2.76 bits per heavy atom. The van der Waals surface area contributed by atoms with Gasteiger partial charge in [-0.2, -0.15) is 0 Å². The first-order valence-electron chi connectivity index (χ1n) is 8.87. The lowest BCUT2D eigenvalue weighted by atomic mass is 10.0. The van der Waals surface area contributed by atoms with Gasteiger partial charge >= 0.3 is 0 Å². The molecule has 1 heterocycles. The van der Waals surface area contributed by atoms with Crippen molar-refractivity contribution in [3.8, 4) is 5.75 Å². The average molecular weight is 461 g/mol. The van der Waals surface area contributed by atoms with Crippen LogP contribution in [-0.2, 0) is 4.74 Å². The fourth-order valence-electron chi connectivity index (χ4n) is 2.98. The molecule has 0 amide bonds. The van der Waals surface area contributed by atoms with Gasteiger partial charge in [0.1, 0.15) is 5.75 Å². The van der Waals surface area contributed by atoms with Gasteiger partial charge in [-0.15, -0.1) is 24.0 Å². The number of rotatable bonds is 7. The largest absolute Gasteiger partial charge is 0.496 e. The molecular weight excluding hydrogens is 429 g/mol. The molecule has 1 saturated heterocycles. The lowest BCUT2D eigenvalue weighted by molar-refractivity contribution is 0.0283. The third-order valence-electron chi connectivity index (χ3n) is 4.46. The summed E-state index contributed by atoms with van der Waals surface area (Å²) in [5, 5.41) is 6.75. The first-order chi connectivity index (χ1) is 11.6. The van der Waals surface area contributed by atoms with Crippen LogP contribution in [0.1, 0.15) is 45.1 Å². The van der Waals surface area contributed by atoms with Crippen LogP contribution in [0.25, 0.3) is 0 Å². The molecule has 6 heteroatoms. The predicted octanol–water partition coefficient (Wildman–Crippen LogP) is 3.54. The summed E-state index contributed by atoms with van der Waals surface area (Å²) in [7, 11) is 1.72. The smallest absolute Gasteiger partial charge is 0.191 e. The summed E-state index contributed by atoms with van der Waals surface area (Å²) in [5.74, 6) is 2.10. The zero-order valence-corrected chi connectivity index (χ0v) is 18.1. The highest BCUT2D eigenvalue weighted by Crippen LogP contribution is 2.26. The first kappa shape index (κ1) is 22.0. The summed E-state index contributed by atoms with van der Waals surface area (Å²) in [6, 6.07) is 8.16. The van der Waals surface area contributed by atoms with Crippen molar-refractivity contribution < 1.29 is 9.47 Å². The third kappa shape index (κ3) is 6.66. The molecule has 2 rings (SSSR count). The number of guanidine groups is 1. The van der Waals surface area contributed by atoms with E-state index in [1.807, 2.05) is 18.2 Å². The van der Waals surface area contributed by atoms with Crippen LogP contribution < -0.4 is 15.4 Å². The molecule has 142 valence electrons. The highest BCUT2D eigenvalue weighted by molar-refractivity contribution is 14.0. The quantitative estimate of drug-likeness (QED) is 0.371. The van der Waals surface area contributed by atoms with E-state index in [1.54, 1.807) is 7.11 Å². The summed E-state index contributed by atoms with van der Waals surface area (Å²) in [5.41, 5.74) is 1.09. The van der Waals surface area contributed by atoms with E-state index in [1.165, 1.54) is 5.56 Å². The Bertz CT molecular complexity index is 545. The standard InChI is InChI=1S/C19H31N3O2.HI/c1-5-20-18(22-14-19(3)11-8-12-24-19)21-13-15(2)16-9-6-7-10-17(16)23-4;/h6-7,9-10,15H,5,8,11-14H2,1-4H3,(H2,20,21,22);1H. The first-order valence-corrected chi connectivity index (χ1v) is 8.87. The summed E-state index contributed by atoms with van der Waals surface area (Å²) in [6.45, 7) is 9.58. The van der Waals surface area contributed by atoms with E-state index < -0.39 is 0 Å². The molecule has 2 atom stereocenters. The molecule has 5 nitrogen and oxygen atoms in total. The Labute approximate surface area is 169 Å². The lowest BCUT2D eigenvalue weighted by Crippen LogP contribution is -2.40. The van der Waals surface area contributed by atoms with Crippen molar-refractivity contribution >= 4 is 29.9 Å². The molecule has 1 aromatic rings. The van der Waals surface area contributed by atoms with Gasteiger partial charge in [-0.1, -0.05) is 25.1 Å². The van der Waals surface area contributed by atoms with Crippen molar-refractivity contribution in [2.45, 2.75) is 45.1 Å². The molecule has 0 bridgehead atoms. The highest BCUT2D eigenvalue weighted by Gasteiger charge is 2.29. The van der Waals surface area contributed by atoms with Crippen molar-refractivity contribution in [1.82, 2.24) is 10.6 Å². The minimum absolute atomic E-state index is 0. The summed E-state index contributed by atoms with van der Waals surface area (Å²) >= 11 is 0. The second kappa shape index (κ2) is 10.9. The summed E-state index contributed by atoms with van der Waals surface area (Å²) in [4.78, 5) is 4.71. The van der Waals surface area contributed by atoms with Gasteiger partial charge in [0.05, 0.1) is 19.3 Å². The molecule has 0 aromatic heterocycles. The third-order valence-corrected chi connectivity index (χ3v) is 4.46. The van der Waals surface area contributed by atoms with Gasteiger partial charge in [-0.25, -0.2) is 0 Å². The molecule has 1 aromatic carbocycles. The number of benzene rings is 1. The molecule has 2 unspecified atom stereocenters. The maximum atomic E-state index is 5.82. The number of para-hydroxylation sites is 1. The predicted molar refractivity (Wildman–Crippen MR) is 114 cm³/mol. The molecule has 2 N–H and O–H groups in total.